The van der Waals surface area contributed by atoms with Crippen LogP contribution in [0, 0.1) is 5.92 Å². The van der Waals surface area contributed by atoms with E-state index in [2.05, 4.69) is 15.5 Å². The smallest absolute Gasteiger partial charge is 0.317 e. The Morgan fingerprint density at radius 3 is 2.29 bits per heavy atom. The van der Waals surface area contributed by atoms with E-state index in [1.54, 1.807) is 0 Å². The van der Waals surface area contributed by atoms with Gasteiger partial charge in [-0.05, 0) is 38.2 Å². The molecule has 0 bridgehead atoms. The fourth-order valence-corrected chi connectivity index (χ4v) is 4.38. The Morgan fingerprint density at radius 1 is 1.04 bits per heavy atom. The normalized spacial score (nSPS) is 19.6. The van der Waals surface area contributed by atoms with Gasteiger partial charge in [0.2, 0.25) is 5.91 Å². The molecule has 1 saturated heterocycles. The first-order chi connectivity index (χ1) is 13.5. The van der Waals surface area contributed by atoms with Crippen LogP contribution in [0.25, 0.3) is 0 Å². The van der Waals surface area contributed by atoms with E-state index in [0.717, 1.165) is 31.5 Å². The van der Waals surface area contributed by atoms with Gasteiger partial charge in [-0.1, -0.05) is 43.2 Å². The molecule has 2 fully saturated rings. The van der Waals surface area contributed by atoms with Crippen LogP contribution in [0.5, 0.6) is 0 Å². The van der Waals surface area contributed by atoms with Crippen LogP contribution >= 0.6 is 0 Å². The summed E-state index contributed by atoms with van der Waals surface area (Å²) in [6.07, 6.45) is 4.67. The molecule has 0 unspecified atom stereocenters. The number of nitrogens with zero attached hydrogens (tertiary/aromatic N) is 2. The summed E-state index contributed by atoms with van der Waals surface area (Å²) in [6, 6.07) is 10.1. The van der Waals surface area contributed by atoms with Gasteiger partial charge in [0, 0.05) is 38.8 Å². The minimum atomic E-state index is -0.0819. The summed E-state index contributed by atoms with van der Waals surface area (Å²) in [6.45, 7) is 7.38. The minimum Gasteiger partial charge on any atom is -0.351 e. The van der Waals surface area contributed by atoms with Gasteiger partial charge in [0.15, 0.2) is 0 Å². The van der Waals surface area contributed by atoms with E-state index >= 15 is 0 Å². The number of urea groups is 1. The zero-order chi connectivity index (χ0) is 19.9. The molecule has 3 amide bonds. The van der Waals surface area contributed by atoms with Crippen molar-refractivity contribution in [1.29, 1.82) is 0 Å². The summed E-state index contributed by atoms with van der Waals surface area (Å²) >= 11 is 0. The van der Waals surface area contributed by atoms with Crippen LogP contribution in [0.15, 0.2) is 30.3 Å². The molecule has 154 valence electrons. The number of amides is 3. The second-order valence-corrected chi connectivity index (χ2v) is 8.32. The van der Waals surface area contributed by atoms with E-state index in [1.165, 1.54) is 12.8 Å². The van der Waals surface area contributed by atoms with Gasteiger partial charge in [-0.15, -0.1) is 0 Å². The van der Waals surface area contributed by atoms with Gasteiger partial charge in [-0.2, -0.15) is 0 Å². The Kier molecular flexibility index (Phi) is 7.31. The average Bonchev–Trinajstić information content (AvgIpc) is 3.21. The number of hydrogen-bond donors (Lipinski definition) is 2. The largest absolute Gasteiger partial charge is 0.351 e. The molecular formula is C22H34N4O2. The summed E-state index contributed by atoms with van der Waals surface area (Å²) in [7, 11) is 0. The standard InChI is InChI=1S/C22H34N4O2/c1-17(2)24-22(28)26-14-12-25(13-15-26)20(19-10-6-7-11-19)21(27)23-16-18-8-4-3-5-9-18/h3-5,8-9,17,19-20H,6-7,10-16H2,1-2H3,(H,23,27)(H,24,28)/t20-/m0/s1. The SMILES string of the molecule is CC(C)NC(=O)N1CCN([C@H](C(=O)NCc2ccccc2)C2CCCC2)CC1. The van der Waals surface area contributed by atoms with Gasteiger partial charge in [0.1, 0.15) is 0 Å². The first-order valence-electron chi connectivity index (χ1n) is 10.7. The molecule has 0 radical (unpaired) electrons. The van der Waals surface area contributed by atoms with Gasteiger partial charge >= 0.3 is 6.03 Å². The fourth-order valence-electron chi connectivity index (χ4n) is 4.38. The lowest BCUT2D eigenvalue weighted by Crippen LogP contribution is -2.59. The van der Waals surface area contributed by atoms with Gasteiger partial charge in [-0.25, -0.2) is 4.79 Å². The molecule has 1 aliphatic carbocycles. The summed E-state index contributed by atoms with van der Waals surface area (Å²) < 4.78 is 0. The molecule has 1 atom stereocenters. The fraction of sp³-hybridized carbons (Fsp3) is 0.636. The molecule has 6 heteroatoms. The second-order valence-electron chi connectivity index (χ2n) is 8.32. The lowest BCUT2D eigenvalue weighted by atomic mass is 9.95. The molecule has 1 saturated carbocycles. The molecule has 1 aromatic rings. The second kappa shape index (κ2) is 9.92. The zero-order valence-electron chi connectivity index (χ0n) is 17.2. The number of benzene rings is 1. The number of carbonyl (C=O) groups is 2. The van der Waals surface area contributed by atoms with Gasteiger partial charge < -0.3 is 15.5 Å². The Bertz CT molecular complexity index is 635. The van der Waals surface area contributed by atoms with Crippen molar-refractivity contribution in [1.82, 2.24) is 20.4 Å². The van der Waals surface area contributed by atoms with E-state index in [4.69, 9.17) is 0 Å². The third-order valence-electron chi connectivity index (χ3n) is 5.83. The number of carbonyl (C=O) groups excluding carboxylic acids is 2. The first-order valence-corrected chi connectivity index (χ1v) is 10.7. The Morgan fingerprint density at radius 2 is 1.68 bits per heavy atom. The number of hydrogen-bond acceptors (Lipinski definition) is 3. The molecule has 1 heterocycles. The van der Waals surface area contributed by atoms with Crippen LogP contribution in [0.1, 0.15) is 45.1 Å². The minimum absolute atomic E-state index is 0.000551. The number of nitrogens with one attached hydrogen (secondary N) is 2. The summed E-state index contributed by atoms with van der Waals surface area (Å²) in [5.41, 5.74) is 1.12. The molecule has 6 nitrogen and oxygen atoms in total. The molecule has 0 spiro atoms. The Balaban J connectivity index is 1.59. The lowest BCUT2D eigenvalue weighted by molar-refractivity contribution is -0.129. The van der Waals surface area contributed by atoms with Crippen molar-refractivity contribution in [2.24, 2.45) is 5.92 Å². The number of piperazine rings is 1. The highest BCUT2D eigenvalue weighted by atomic mass is 16.2. The molecule has 0 aromatic heterocycles. The van der Waals surface area contributed by atoms with E-state index in [1.807, 2.05) is 49.1 Å². The Labute approximate surface area is 168 Å². The quantitative estimate of drug-likeness (QED) is 0.790. The van der Waals surface area contributed by atoms with Crippen LogP contribution in [-0.2, 0) is 11.3 Å². The van der Waals surface area contributed by atoms with Crippen LogP contribution in [0.3, 0.4) is 0 Å². The summed E-state index contributed by atoms with van der Waals surface area (Å²) in [4.78, 5) is 29.5. The number of rotatable bonds is 6. The molecule has 1 aromatic carbocycles. The molecular weight excluding hydrogens is 352 g/mol. The highest BCUT2D eigenvalue weighted by Crippen LogP contribution is 2.31. The molecule has 3 rings (SSSR count). The van der Waals surface area contributed by atoms with E-state index in [9.17, 15) is 9.59 Å². The summed E-state index contributed by atoms with van der Waals surface area (Å²) in [5.74, 6) is 0.558. The topological polar surface area (TPSA) is 64.7 Å². The van der Waals surface area contributed by atoms with Crippen molar-refractivity contribution in [2.75, 3.05) is 26.2 Å². The Hall–Kier alpha value is -2.08. The van der Waals surface area contributed by atoms with Crippen molar-refractivity contribution in [3.8, 4) is 0 Å². The maximum Gasteiger partial charge on any atom is 0.317 e. The highest BCUT2D eigenvalue weighted by molar-refractivity contribution is 5.82. The molecule has 2 N–H and O–H groups in total. The molecule has 2 aliphatic rings. The van der Waals surface area contributed by atoms with Crippen LogP contribution in [0.4, 0.5) is 4.79 Å². The maximum atomic E-state index is 13.1. The van der Waals surface area contributed by atoms with E-state index in [-0.39, 0.29) is 24.0 Å². The average molecular weight is 387 g/mol. The summed E-state index contributed by atoms with van der Waals surface area (Å²) in [5, 5.41) is 6.12. The van der Waals surface area contributed by atoms with Gasteiger partial charge in [-0.3, -0.25) is 9.69 Å². The van der Waals surface area contributed by atoms with Crippen LogP contribution in [0.2, 0.25) is 0 Å². The van der Waals surface area contributed by atoms with E-state index < -0.39 is 0 Å². The van der Waals surface area contributed by atoms with Gasteiger partial charge in [0.25, 0.3) is 0 Å². The van der Waals surface area contributed by atoms with Crippen molar-refractivity contribution in [3.63, 3.8) is 0 Å². The predicted molar refractivity (Wildman–Crippen MR) is 111 cm³/mol. The third kappa shape index (κ3) is 5.47. The van der Waals surface area contributed by atoms with Crippen molar-refractivity contribution >= 4 is 11.9 Å². The van der Waals surface area contributed by atoms with Crippen LogP contribution < -0.4 is 10.6 Å². The van der Waals surface area contributed by atoms with E-state index in [0.29, 0.717) is 25.6 Å². The predicted octanol–water partition coefficient (Wildman–Crippen LogP) is 2.60. The van der Waals surface area contributed by atoms with Crippen molar-refractivity contribution in [2.45, 2.75) is 58.2 Å². The van der Waals surface area contributed by atoms with Crippen molar-refractivity contribution in [3.05, 3.63) is 35.9 Å². The maximum absolute atomic E-state index is 13.1. The molecule has 1 aliphatic heterocycles. The third-order valence-corrected chi connectivity index (χ3v) is 5.83. The van der Waals surface area contributed by atoms with Crippen LogP contribution in [-0.4, -0.2) is 60.0 Å². The van der Waals surface area contributed by atoms with Crippen molar-refractivity contribution < 1.29 is 9.59 Å². The van der Waals surface area contributed by atoms with Gasteiger partial charge in [0.05, 0.1) is 6.04 Å². The zero-order valence-corrected chi connectivity index (χ0v) is 17.2. The monoisotopic (exact) mass is 386 g/mol. The highest BCUT2D eigenvalue weighted by Gasteiger charge is 2.37. The first kappa shape index (κ1) is 20.6. The molecule has 28 heavy (non-hydrogen) atoms. The lowest BCUT2D eigenvalue weighted by Gasteiger charge is -2.40.